The second kappa shape index (κ2) is 15.8. The largest absolute Gasteiger partial charge is 0.373 e. The molecule has 2 aliphatic heterocycles. The molecule has 2 unspecified atom stereocenters. The molecule has 1 radical (unpaired) electrons. The number of carbonyl (C=O) groups is 3. The Kier molecular flexibility index (Phi) is 14.3. The van der Waals surface area contributed by atoms with Gasteiger partial charge in [0.15, 0.2) is 5.12 Å². The summed E-state index contributed by atoms with van der Waals surface area (Å²) in [6.07, 6.45) is 3.89. The van der Waals surface area contributed by atoms with Crippen LogP contribution in [-0.4, -0.2) is 43.6 Å². The van der Waals surface area contributed by atoms with Gasteiger partial charge in [-0.1, -0.05) is 23.9 Å². The molecule has 0 aromatic carbocycles. The Balaban J connectivity index is 0.000000243. The van der Waals surface area contributed by atoms with Gasteiger partial charge < -0.3 is 15.7 Å². The topological polar surface area (TPSA) is 121 Å². The van der Waals surface area contributed by atoms with E-state index in [0.29, 0.717) is 17.5 Å². The van der Waals surface area contributed by atoms with Gasteiger partial charge in [0.1, 0.15) is 6.23 Å². The van der Waals surface area contributed by atoms with E-state index in [0.717, 1.165) is 17.1 Å². The fraction of sp³-hybridized carbons (Fsp3) is 0.350. The number of aliphatic hydroxyl groups excluding tert-OH is 1. The van der Waals surface area contributed by atoms with Crippen LogP contribution in [0.3, 0.4) is 0 Å². The predicted octanol–water partition coefficient (Wildman–Crippen LogP) is 1.85. The summed E-state index contributed by atoms with van der Waals surface area (Å²) < 4.78 is 0. The average molecular weight is 676 g/mol. The number of aromatic nitrogens is 2. The van der Waals surface area contributed by atoms with Crippen LogP contribution in [0.25, 0.3) is 0 Å². The quantitative estimate of drug-likeness (QED) is 0.411. The molecule has 0 spiro atoms. The molecule has 2 aromatic rings. The predicted molar refractivity (Wildman–Crippen MR) is 117 cm³/mol. The number of hydrogen-bond acceptors (Lipinski definition) is 8. The summed E-state index contributed by atoms with van der Waals surface area (Å²) in [6.45, 7) is 1.56. The Morgan fingerprint density at radius 2 is 1.52 bits per heavy atom. The minimum Gasteiger partial charge on any atom is -0.373 e. The van der Waals surface area contributed by atoms with Crippen LogP contribution >= 0.6 is 23.5 Å². The molecule has 11 heteroatoms. The number of aliphatic hydroxyl groups is 1. The van der Waals surface area contributed by atoms with Crippen molar-refractivity contribution in [2.24, 2.45) is 0 Å². The SMILES string of the molecule is CC(=O)SCc1ccccn1.O=C1CC(O)N1.O=C1CC(SCc2ccccn2)N1.[Ac]. The van der Waals surface area contributed by atoms with Crippen molar-refractivity contribution in [1.82, 2.24) is 20.6 Å². The van der Waals surface area contributed by atoms with E-state index >= 15 is 0 Å². The van der Waals surface area contributed by atoms with Gasteiger partial charge in [0.25, 0.3) is 0 Å². The first-order valence-electron chi connectivity index (χ1n) is 9.24. The minimum atomic E-state index is -0.558. The third-order valence-corrected chi connectivity index (χ3v) is 5.70. The summed E-state index contributed by atoms with van der Waals surface area (Å²) >= 11 is 3.01. The van der Waals surface area contributed by atoms with Gasteiger partial charge in [-0.05, 0) is 24.3 Å². The summed E-state index contributed by atoms with van der Waals surface area (Å²) in [4.78, 5) is 39.2. The zero-order chi connectivity index (χ0) is 21.8. The molecule has 4 rings (SSSR count). The number of nitrogens with zero attached hydrogens (tertiary/aromatic N) is 2. The smallest absolute Gasteiger partial charge is 0.226 e. The third kappa shape index (κ3) is 12.6. The van der Waals surface area contributed by atoms with Gasteiger partial charge in [-0.25, -0.2) is 0 Å². The number of nitrogens with one attached hydrogen (secondary N) is 2. The summed E-state index contributed by atoms with van der Waals surface area (Å²) in [5.74, 6) is 1.63. The Bertz CT molecular complexity index is 814. The van der Waals surface area contributed by atoms with Crippen molar-refractivity contribution in [3.05, 3.63) is 60.2 Å². The van der Waals surface area contributed by atoms with E-state index in [9.17, 15) is 14.4 Å². The van der Waals surface area contributed by atoms with Crippen molar-refractivity contribution in [3.8, 4) is 0 Å². The Hall–Kier alpha value is -0.988. The van der Waals surface area contributed by atoms with Gasteiger partial charge in [0, 0.05) is 74.9 Å². The summed E-state index contributed by atoms with van der Waals surface area (Å²) in [6, 6.07) is 11.6. The van der Waals surface area contributed by atoms with E-state index in [-0.39, 0.29) is 67.4 Å². The molecular weight excluding hydrogens is 651 g/mol. The number of pyridine rings is 2. The maximum atomic E-state index is 10.6. The average Bonchev–Trinajstić information content (AvgIpc) is 2.70. The van der Waals surface area contributed by atoms with Crippen molar-refractivity contribution < 1.29 is 63.6 Å². The molecule has 163 valence electrons. The van der Waals surface area contributed by atoms with Gasteiger partial charge in [0.05, 0.1) is 29.6 Å². The van der Waals surface area contributed by atoms with E-state index in [1.807, 2.05) is 36.4 Å². The van der Waals surface area contributed by atoms with Crippen LogP contribution < -0.4 is 10.6 Å². The van der Waals surface area contributed by atoms with Crippen LogP contribution in [0.2, 0.25) is 0 Å². The van der Waals surface area contributed by atoms with Crippen molar-refractivity contribution in [1.29, 1.82) is 0 Å². The maximum Gasteiger partial charge on any atom is 0.226 e. The Morgan fingerprint density at radius 1 is 1.00 bits per heavy atom. The first kappa shape index (κ1) is 28.0. The molecule has 2 aromatic heterocycles. The fourth-order valence-electron chi connectivity index (χ4n) is 2.10. The van der Waals surface area contributed by atoms with Gasteiger partial charge in [-0.2, -0.15) is 0 Å². The van der Waals surface area contributed by atoms with Gasteiger partial charge in [-0.3, -0.25) is 24.4 Å². The number of amides is 2. The van der Waals surface area contributed by atoms with Crippen molar-refractivity contribution in [2.75, 3.05) is 0 Å². The Labute approximate surface area is 225 Å². The van der Waals surface area contributed by atoms with E-state index in [1.165, 1.54) is 11.8 Å². The number of rotatable bonds is 5. The molecule has 0 aliphatic carbocycles. The minimum absolute atomic E-state index is 0. The fourth-order valence-corrected chi connectivity index (χ4v) is 3.64. The number of carbonyl (C=O) groups excluding carboxylic acids is 3. The standard InChI is InChI=1S/C9H10N2OS.C8H9NOS.C3H5NO2.Ac/c12-8-5-9(11-8)13-6-7-3-1-2-4-10-7;1-7(10)11-6-8-4-2-3-5-9-8;5-2-1-3(6)4-2;/h1-4,9H,5-6H2,(H,11,12);2-5H,6H2,1H3;2,5H,1H2,(H,4,6);. The maximum absolute atomic E-state index is 10.6. The molecule has 8 nitrogen and oxygen atoms in total. The molecule has 2 aliphatic rings. The molecule has 2 fully saturated rings. The second-order valence-electron chi connectivity index (χ2n) is 6.28. The van der Waals surface area contributed by atoms with Crippen LogP contribution in [0.15, 0.2) is 48.8 Å². The second-order valence-corrected chi connectivity index (χ2v) is 8.62. The molecular formula is C20H24AcN4O4S2. The molecule has 2 amide bonds. The molecule has 3 N–H and O–H groups in total. The van der Waals surface area contributed by atoms with Crippen LogP contribution in [0.4, 0.5) is 0 Å². The summed E-state index contributed by atoms with van der Waals surface area (Å²) in [5.41, 5.74) is 2.02. The van der Waals surface area contributed by atoms with E-state index in [1.54, 1.807) is 31.1 Å². The number of thioether (sulfide) groups is 2. The van der Waals surface area contributed by atoms with Gasteiger partial charge in [0.2, 0.25) is 11.8 Å². The number of hydrogen-bond donors (Lipinski definition) is 3. The van der Waals surface area contributed by atoms with Crippen molar-refractivity contribution in [3.63, 3.8) is 0 Å². The zero-order valence-electron chi connectivity index (χ0n) is 17.1. The Morgan fingerprint density at radius 3 is 1.87 bits per heavy atom. The van der Waals surface area contributed by atoms with Crippen LogP contribution in [0.5, 0.6) is 0 Å². The first-order valence-corrected chi connectivity index (χ1v) is 11.3. The molecule has 2 saturated heterocycles. The third-order valence-electron chi connectivity index (χ3n) is 3.71. The molecule has 0 saturated carbocycles. The summed E-state index contributed by atoms with van der Waals surface area (Å²) in [7, 11) is 0. The van der Waals surface area contributed by atoms with E-state index in [2.05, 4.69) is 20.6 Å². The van der Waals surface area contributed by atoms with Gasteiger partial charge >= 0.3 is 0 Å². The summed E-state index contributed by atoms with van der Waals surface area (Å²) in [5, 5.41) is 13.8. The van der Waals surface area contributed by atoms with Crippen LogP contribution in [0, 0.1) is 44.1 Å². The molecule has 0 bridgehead atoms. The van der Waals surface area contributed by atoms with E-state index in [4.69, 9.17) is 5.11 Å². The first-order chi connectivity index (χ1) is 14.4. The molecule has 31 heavy (non-hydrogen) atoms. The van der Waals surface area contributed by atoms with Gasteiger partial charge in [-0.15, -0.1) is 11.8 Å². The molecule has 2 atom stereocenters. The van der Waals surface area contributed by atoms with Crippen LogP contribution in [-0.2, 0) is 25.9 Å². The normalized spacial score (nSPS) is 18.1. The van der Waals surface area contributed by atoms with Crippen LogP contribution in [0.1, 0.15) is 31.2 Å². The molecule has 4 heterocycles. The van der Waals surface area contributed by atoms with Crippen molar-refractivity contribution in [2.45, 2.75) is 42.9 Å². The van der Waals surface area contributed by atoms with E-state index < -0.39 is 6.23 Å². The number of β-lactam (4-membered cyclic amide) rings is 2. The zero-order valence-corrected chi connectivity index (χ0v) is 23.4. The van der Waals surface area contributed by atoms with Crippen molar-refractivity contribution >= 4 is 40.5 Å². The monoisotopic (exact) mass is 675 g/mol.